The average Bonchev–Trinajstić information content (AvgIpc) is 2.95. The topological polar surface area (TPSA) is 96.9 Å². The fourth-order valence-electron chi connectivity index (χ4n) is 3.72. The van der Waals surface area contributed by atoms with Crippen LogP contribution in [0.3, 0.4) is 0 Å². The third-order valence-corrected chi connectivity index (χ3v) is 6.02. The van der Waals surface area contributed by atoms with Crippen molar-refractivity contribution in [1.29, 1.82) is 0 Å². The van der Waals surface area contributed by atoms with E-state index in [1.54, 1.807) is 42.5 Å². The van der Waals surface area contributed by atoms with Crippen LogP contribution in [0, 0.1) is 0 Å². The molecule has 8 heteroatoms. The van der Waals surface area contributed by atoms with Crippen LogP contribution in [0.2, 0.25) is 0 Å². The first-order chi connectivity index (χ1) is 18.5. The lowest BCUT2D eigenvalue weighted by atomic mass is 9.90. The normalized spacial score (nSPS) is 10.8. The van der Waals surface area contributed by atoms with Gasteiger partial charge in [0.15, 0.2) is 0 Å². The molecule has 0 saturated carbocycles. The predicted octanol–water partition coefficient (Wildman–Crippen LogP) is 5.07. The summed E-state index contributed by atoms with van der Waals surface area (Å²) in [6.45, 7) is -0.263. The zero-order valence-corrected chi connectivity index (χ0v) is 21.8. The van der Waals surface area contributed by atoms with Crippen molar-refractivity contribution in [2.24, 2.45) is 5.10 Å². The van der Waals surface area contributed by atoms with Gasteiger partial charge in [0, 0.05) is 10.0 Å². The van der Waals surface area contributed by atoms with Crippen molar-refractivity contribution in [1.82, 2.24) is 10.7 Å². The highest BCUT2D eigenvalue weighted by molar-refractivity contribution is 9.10. The first kappa shape index (κ1) is 26.5. The quantitative estimate of drug-likeness (QED) is 0.127. The third kappa shape index (κ3) is 7.24. The second-order valence-corrected chi connectivity index (χ2v) is 9.12. The van der Waals surface area contributed by atoms with E-state index in [4.69, 9.17) is 4.74 Å². The molecule has 0 atom stereocenters. The fraction of sp³-hybridized carbons (Fsp3) is 0.0667. The van der Waals surface area contributed by atoms with Crippen molar-refractivity contribution in [3.05, 3.63) is 136 Å². The molecule has 190 valence electrons. The summed E-state index contributed by atoms with van der Waals surface area (Å²) in [6, 6.07) is 32.4. The highest BCUT2D eigenvalue weighted by Gasteiger charge is 2.22. The van der Waals surface area contributed by atoms with Crippen molar-refractivity contribution >= 4 is 39.9 Å². The van der Waals surface area contributed by atoms with Gasteiger partial charge in [-0.25, -0.2) is 10.2 Å². The number of hydrogen-bond acceptors (Lipinski definition) is 5. The number of rotatable bonds is 9. The highest BCUT2D eigenvalue weighted by atomic mass is 79.9. The minimum Gasteiger partial charge on any atom is -0.422 e. The Bertz CT molecular complexity index is 1390. The number of nitrogens with one attached hydrogen (secondary N) is 2. The molecule has 7 nitrogen and oxygen atoms in total. The van der Waals surface area contributed by atoms with Gasteiger partial charge in [0.1, 0.15) is 5.75 Å². The maximum atomic E-state index is 13.1. The van der Waals surface area contributed by atoms with E-state index in [-0.39, 0.29) is 18.2 Å². The molecule has 4 aromatic rings. The first-order valence-electron chi connectivity index (χ1n) is 11.8. The second kappa shape index (κ2) is 13.1. The standard InChI is InChI=1S/C30H24BrN3O4/c31-25-16-17-26(38-30(37)23-14-8-3-9-15-23)24(18-25)19-33-34-27(35)20-32-29(36)28(21-10-4-1-5-11-21)22-12-6-2-7-13-22/h1-19,28H,20H2,(H,32,36)(H,34,35)/b33-19-. The number of hydrogen-bond donors (Lipinski definition) is 2. The lowest BCUT2D eigenvalue weighted by Gasteiger charge is -2.17. The van der Waals surface area contributed by atoms with Crippen LogP contribution in [0.25, 0.3) is 0 Å². The van der Waals surface area contributed by atoms with Crippen molar-refractivity contribution in [2.75, 3.05) is 6.54 Å². The number of nitrogens with zero attached hydrogens (tertiary/aromatic N) is 1. The monoisotopic (exact) mass is 569 g/mol. The molecule has 0 saturated heterocycles. The van der Waals surface area contributed by atoms with Gasteiger partial charge in [0.25, 0.3) is 5.91 Å². The van der Waals surface area contributed by atoms with E-state index in [2.05, 4.69) is 31.8 Å². The Morgan fingerprint density at radius 3 is 2.00 bits per heavy atom. The number of carbonyl (C=O) groups excluding carboxylic acids is 3. The number of halogens is 1. The molecule has 0 unspecified atom stereocenters. The van der Waals surface area contributed by atoms with Crippen molar-refractivity contribution in [2.45, 2.75) is 5.92 Å². The van der Waals surface area contributed by atoms with Crippen LogP contribution >= 0.6 is 15.9 Å². The Kier molecular flexibility index (Phi) is 9.15. The summed E-state index contributed by atoms with van der Waals surface area (Å²) in [7, 11) is 0. The molecule has 0 fully saturated rings. The van der Waals surface area contributed by atoms with Gasteiger partial charge in [0.05, 0.1) is 24.2 Å². The maximum Gasteiger partial charge on any atom is 0.343 e. The lowest BCUT2D eigenvalue weighted by Crippen LogP contribution is -2.37. The molecule has 0 heterocycles. The second-order valence-electron chi connectivity index (χ2n) is 8.20. The third-order valence-electron chi connectivity index (χ3n) is 5.53. The largest absolute Gasteiger partial charge is 0.422 e. The molecule has 2 N–H and O–H groups in total. The highest BCUT2D eigenvalue weighted by Crippen LogP contribution is 2.25. The number of ether oxygens (including phenoxy) is 1. The maximum absolute atomic E-state index is 13.1. The molecule has 4 rings (SSSR count). The van der Waals surface area contributed by atoms with E-state index < -0.39 is 17.8 Å². The van der Waals surface area contributed by atoms with Gasteiger partial charge >= 0.3 is 5.97 Å². The average molecular weight is 570 g/mol. The molecule has 4 aromatic carbocycles. The van der Waals surface area contributed by atoms with Gasteiger partial charge in [-0.15, -0.1) is 0 Å². The van der Waals surface area contributed by atoms with E-state index in [9.17, 15) is 14.4 Å². The number of hydrazone groups is 1. The molecular formula is C30H24BrN3O4. The van der Waals surface area contributed by atoms with Crippen molar-refractivity contribution in [3.63, 3.8) is 0 Å². The van der Waals surface area contributed by atoms with Gasteiger partial charge in [0.2, 0.25) is 5.91 Å². The summed E-state index contributed by atoms with van der Waals surface area (Å²) in [5.41, 5.74) is 4.92. The molecule has 0 aliphatic heterocycles. The van der Waals surface area contributed by atoms with Gasteiger partial charge in [-0.2, -0.15) is 5.10 Å². The molecule has 0 bridgehead atoms. The van der Waals surface area contributed by atoms with Gasteiger partial charge in [-0.05, 0) is 41.5 Å². The number of carbonyl (C=O) groups is 3. The summed E-state index contributed by atoms with van der Waals surface area (Å²) >= 11 is 3.38. The van der Waals surface area contributed by atoms with Crippen LogP contribution in [0.4, 0.5) is 0 Å². The van der Waals surface area contributed by atoms with E-state index in [0.29, 0.717) is 11.1 Å². The SMILES string of the molecule is O=C(CNC(=O)C(c1ccccc1)c1ccccc1)N/N=C\c1cc(Br)ccc1OC(=O)c1ccccc1. The molecule has 0 aromatic heterocycles. The smallest absolute Gasteiger partial charge is 0.343 e. The summed E-state index contributed by atoms with van der Waals surface area (Å²) in [4.78, 5) is 37.9. The summed E-state index contributed by atoms with van der Waals surface area (Å²) in [6.07, 6.45) is 1.37. The fourth-order valence-corrected chi connectivity index (χ4v) is 4.09. The van der Waals surface area contributed by atoms with Gasteiger partial charge < -0.3 is 10.1 Å². The molecular weight excluding hydrogens is 546 g/mol. The number of benzene rings is 4. The Hall–Kier alpha value is -4.56. The zero-order valence-electron chi connectivity index (χ0n) is 20.2. The molecule has 0 radical (unpaired) electrons. The van der Waals surface area contributed by atoms with Crippen LogP contribution in [-0.2, 0) is 9.59 Å². The van der Waals surface area contributed by atoms with Crippen LogP contribution < -0.4 is 15.5 Å². The van der Waals surface area contributed by atoms with Crippen LogP contribution in [-0.4, -0.2) is 30.5 Å². The predicted molar refractivity (Wildman–Crippen MR) is 149 cm³/mol. The lowest BCUT2D eigenvalue weighted by molar-refractivity contribution is -0.126. The minimum absolute atomic E-state index is 0.263. The van der Waals surface area contributed by atoms with E-state index in [1.165, 1.54) is 6.21 Å². The summed E-state index contributed by atoms with van der Waals surface area (Å²) in [5.74, 6) is -1.60. The number of esters is 1. The Morgan fingerprint density at radius 2 is 1.39 bits per heavy atom. The van der Waals surface area contributed by atoms with Crippen LogP contribution in [0.1, 0.15) is 33.0 Å². The van der Waals surface area contributed by atoms with Crippen molar-refractivity contribution < 1.29 is 19.1 Å². The van der Waals surface area contributed by atoms with Gasteiger partial charge in [-0.1, -0.05) is 94.8 Å². The Morgan fingerprint density at radius 1 is 0.816 bits per heavy atom. The molecule has 0 spiro atoms. The number of amides is 2. The molecule has 0 aliphatic rings. The minimum atomic E-state index is -0.558. The Labute approximate surface area is 228 Å². The van der Waals surface area contributed by atoms with Crippen LogP contribution in [0.15, 0.2) is 119 Å². The zero-order chi connectivity index (χ0) is 26.7. The van der Waals surface area contributed by atoms with E-state index >= 15 is 0 Å². The molecule has 0 aliphatic carbocycles. The van der Waals surface area contributed by atoms with E-state index in [1.807, 2.05) is 66.7 Å². The van der Waals surface area contributed by atoms with Crippen LogP contribution in [0.5, 0.6) is 5.75 Å². The Balaban J connectivity index is 1.38. The van der Waals surface area contributed by atoms with E-state index in [0.717, 1.165) is 15.6 Å². The summed E-state index contributed by atoms with van der Waals surface area (Å²) < 4.78 is 6.25. The molecule has 2 amide bonds. The summed E-state index contributed by atoms with van der Waals surface area (Å²) in [5, 5.41) is 6.67. The first-order valence-corrected chi connectivity index (χ1v) is 12.6. The van der Waals surface area contributed by atoms with Gasteiger partial charge in [-0.3, -0.25) is 9.59 Å². The van der Waals surface area contributed by atoms with Crippen molar-refractivity contribution in [3.8, 4) is 5.75 Å². The molecule has 38 heavy (non-hydrogen) atoms.